The van der Waals surface area contributed by atoms with Gasteiger partial charge in [-0.1, -0.05) is 37.3 Å². The van der Waals surface area contributed by atoms with Crippen LogP contribution in [0.25, 0.3) is 0 Å². The van der Waals surface area contributed by atoms with E-state index in [2.05, 4.69) is 0 Å². The van der Waals surface area contributed by atoms with Gasteiger partial charge in [0.15, 0.2) is 0 Å². The number of hydrogen-bond acceptors (Lipinski definition) is 2. The summed E-state index contributed by atoms with van der Waals surface area (Å²) >= 11 is 0. The van der Waals surface area contributed by atoms with Gasteiger partial charge < -0.3 is 10.2 Å². The summed E-state index contributed by atoms with van der Waals surface area (Å²) in [4.78, 5) is 0. The average Bonchev–Trinajstić information content (AvgIpc) is 2.33. The van der Waals surface area contributed by atoms with Crippen molar-refractivity contribution in [2.75, 3.05) is 0 Å². The quantitative estimate of drug-likeness (QED) is 0.798. The lowest BCUT2D eigenvalue weighted by Gasteiger charge is -2.32. The van der Waals surface area contributed by atoms with Crippen LogP contribution in [0.15, 0.2) is 54.3 Å². The summed E-state index contributed by atoms with van der Waals surface area (Å²) in [6, 6.07) is 9.91. The maximum Gasteiger partial charge on any atom is 0.111 e. The van der Waals surface area contributed by atoms with Crippen molar-refractivity contribution in [1.82, 2.24) is 0 Å². The Morgan fingerprint density at radius 1 is 1.25 bits per heavy atom. The fraction of sp³-hybridized carbons (Fsp3) is 0.286. The Morgan fingerprint density at radius 3 is 2.50 bits per heavy atom. The van der Waals surface area contributed by atoms with Gasteiger partial charge in [-0.3, -0.25) is 0 Å². The first-order valence-corrected chi connectivity index (χ1v) is 5.47. The summed E-state index contributed by atoms with van der Waals surface area (Å²) < 4.78 is 0. The van der Waals surface area contributed by atoms with E-state index in [4.69, 9.17) is 0 Å². The molecule has 1 aliphatic carbocycles. The van der Waals surface area contributed by atoms with Crippen LogP contribution in [0.5, 0.6) is 0 Å². The molecule has 2 N–H and O–H groups in total. The Balaban J connectivity index is 2.23. The Bertz CT molecular complexity index is 420. The highest BCUT2D eigenvalue weighted by Gasteiger charge is 2.32. The first kappa shape index (κ1) is 11.0. The molecule has 0 aliphatic heterocycles. The minimum Gasteiger partial charge on any atom is -0.508 e. The molecule has 1 aromatic rings. The predicted molar refractivity (Wildman–Crippen MR) is 64.3 cm³/mol. The van der Waals surface area contributed by atoms with Gasteiger partial charge in [0.05, 0.1) is 5.60 Å². The average molecular weight is 216 g/mol. The number of allylic oxidation sites excluding steroid dienone is 1. The van der Waals surface area contributed by atoms with Crippen LogP contribution >= 0.6 is 0 Å². The van der Waals surface area contributed by atoms with Crippen molar-refractivity contribution in [1.29, 1.82) is 0 Å². The molecule has 1 aliphatic rings. The van der Waals surface area contributed by atoms with E-state index in [9.17, 15) is 10.2 Å². The summed E-state index contributed by atoms with van der Waals surface area (Å²) in [6.45, 7) is 2.00. The van der Waals surface area contributed by atoms with Crippen molar-refractivity contribution < 1.29 is 10.2 Å². The monoisotopic (exact) mass is 216 g/mol. The zero-order valence-corrected chi connectivity index (χ0v) is 9.30. The minimum absolute atomic E-state index is 0.00861. The summed E-state index contributed by atoms with van der Waals surface area (Å²) in [6.07, 6.45) is 5.34. The fourth-order valence-electron chi connectivity index (χ4n) is 1.99. The van der Waals surface area contributed by atoms with Crippen molar-refractivity contribution in [3.63, 3.8) is 0 Å². The Labute approximate surface area is 95.6 Å². The maximum absolute atomic E-state index is 10.5. The van der Waals surface area contributed by atoms with E-state index < -0.39 is 5.60 Å². The van der Waals surface area contributed by atoms with Crippen LogP contribution in [0.1, 0.15) is 24.8 Å². The highest BCUT2D eigenvalue weighted by Crippen LogP contribution is 2.34. The zero-order chi connectivity index (χ0) is 11.6. The molecule has 0 saturated carbocycles. The van der Waals surface area contributed by atoms with Gasteiger partial charge in [-0.15, -0.1) is 0 Å². The van der Waals surface area contributed by atoms with E-state index >= 15 is 0 Å². The van der Waals surface area contributed by atoms with Gasteiger partial charge in [0.1, 0.15) is 5.76 Å². The maximum atomic E-state index is 10.5. The third-order valence-corrected chi connectivity index (χ3v) is 3.23. The van der Waals surface area contributed by atoms with Crippen molar-refractivity contribution in [2.45, 2.75) is 24.9 Å². The highest BCUT2D eigenvalue weighted by molar-refractivity contribution is 5.30. The molecule has 0 amide bonds. The largest absolute Gasteiger partial charge is 0.508 e. The van der Waals surface area contributed by atoms with Crippen molar-refractivity contribution >= 4 is 0 Å². The number of aliphatic hydroxyl groups is 2. The Morgan fingerprint density at radius 2 is 1.94 bits per heavy atom. The standard InChI is InChI=1S/C14H16O2/c1-11(12-5-3-2-4-6-12)14(16)9-7-13(15)8-10-14/h2-9,11,15-16H,10H2,1H3. The topological polar surface area (TPSA) is 40.5 Å². The third-order valence-electron chi connectivity index (χ3n) is 3.23. The molecule has 16 heavy (non-hydrogen) atoms. The van der Waals surface area contributed by atoms with Crippen LogP contribution in [0.3, 0.4) is 0 Å². The number of aliphatic hydroxyl groups excluding tert-OH is 1. The summed E-state index contributed by atoms with van der Waals surface area (Å²) in [5, 5.41) is 19.7. The van der Waals surface area contributed by atoms with E-state index in [1.807, 2.05) is 37.3 Å². The van der Waals surface area contributed by atoms with Gasteiger partial charge in [-0.25, -0.2) is 0 Å². The summed E-state index contributed by atoms with van der Waals surface area (Å²) in [5.74, 6) is 0.235. The third kappa shape index (κ3) is 2.02. The predicted octanol–water partition coefficient (Wildman–Crippen LogP) is 2.92. The highest BCUT2D eigenvalue weighted by atomic mass is 16.3. The number of benzene rings is 1. The first-order chi connectivity index (χ1) is 7.62. The number of hydrogen-bond donors (Lipinski definition) is 2. The van der Waals surface area contributed by atoms with Crippen LogP contribution in [-0.2, 0) is 0 Å². The minimum atomic E-state index is -0.895. The molecule has 2 heteroatoms. The normalized spacial score (nSPS) is 26.2. The van der Waals surface area contributed by atoms with Crippen molar-refractivity contribution in [3.05, 3.63) is 59.9 Å². The molecular weight excluding hydrogens is 200 g/mol. The Hall–Kier alpha value is -1.54. The molecule has 2 rings (SSSR count). The lowest BCUT2D eigenvalue weighted by molar-refractivity contribution is 0.0664. The zero-order valence-electron chi connectivity index (χ0n) is 9.30. The second-order valence-corrected chi connectivity index (χ2v) is 4.29. The van der Waals surface area contributed by atoms with Crippen molar-refractivity contribution in [3.8, 4) is 0 Å². The van der Waals surface area contributed by atoms with Crippen LogP contribution < -0.4 is 0 Å². The molecule has 1 aromatic carbocycles. The first-order valence-electron chi connectivity index (χ1n) is 5.47. The molecule has 0 bridgehead atoms. The van der Waals surface area contributed by atoms with E-state index in [0.29, 0.717) is 6.42 Å². The van der Waals surface area contributed by atoms with E-state index in [1.54, 1.807) is 18.2 Å². The van der Waals surface area contributed by atoms with Crippen molar-refractivity contribution in [2.24, 2.45) is 0 Å². The number of rotatable bonds is 2. The van der Waals surface area contributed by atoms with E-state index in [0.717, 1.165) is 5.56 Å². The molecule has 2 unspecified atom stereocenters. The lowest BCUT2D eigenvalue weighted by atomic mass is 9.79. The summed E-state index contributed by atoms with van der Waals surface area (Å²) in [7, 11) is 0. The summed E-state index contributed by atoms with van der Waals surface area (Å²) in [5.41, 5.74) is 0.206. The molecule has 2 nitrogen and oxygen atoms in total. The second kappa shape index (κ2) is 4.14. The van der Waals surface area contributed by atoms with Crippen LogP contribution in [0.2, 0.25) is 0 Å². The molecule has 2 atom stereocenters. The lowest BCUT2D eigenvalue weighted by Crippen LogP contribution is -2.33. The van der Waals surface area contributed by atoms with Gasteiger partial charge >= 0.3 is 0 Å². The van der Waals surface area contributed by atoms with Gasteiger partial charge in [-0.2, -0.15) is 0 Å². The van der Waals surface area contributed by atoms with Gasteiger partial charge in [0.25, 0.3) is 0 Å². The van der Waals surface area contributed by atoms with Crippen LogP contribution in [0, 0.1) is 0 Å². The van der Waals surface area contributed by atoms with Gasteiger partial charge in [0, 0.05) is 12.3 Å². The van der Waals surface area contributed by atoms with Gasteiger partial charge in [-0.05, 0) is 23.8 Å². The fourth-order valence-corrected chi connectivity index (χ4v) is 1.99. The molecule has 0 radical (unpaired) electrons. The molecule has 84 valence electrons. The molecule has 0 saturated heterocycles. The smallest absolute Gasteiger partial charge is 0.111 e. The van der Waals surface area contributed by atoms with Gasteiger partial charge in [0.2, 0.25) is 0 Å². The molecule has 0 spiro atoms. The Kier molecular flexibility index (Phi) is 2.84. The SMILES string of the molecule is CC(c1ccccc1)C1(O)C=CC(O)=CC1. The second-order valence-electron chi connectivity index (χ2n) is 4.29. The molecule has 0 heterocycles. The van der Waals surface area contributed by atoms with Crippen LogP contribution in [0.4, 0.5) is 0 Å². The van der Waals surface area contributed by atoms with Crippen LogP contribution in [-0.4, -0.2) is 15.8 Å². The molecule has 0 aromatic heterocycles. The molecular formula is C14H16O2. The van der Waals surface area contributed by atoms with E-state index in [-0.39, 0.29) is 11.7 Å². The van der Waals surface area contributed by atoms with E-state index in [1.165, 1.54) is 0 Å². The molecule has 0 fully saturated rings.